The molecule has 0 aromatic heterocycles. The van der Waals surface area contributed by atoms with Crippen LogP contribution in [0.1, 0.15) is 39.7 Å². The molecule has 0 radical (unpaired) electrons. The Labute approximate surface area is 204 Å². The summed E-state index contributed by atoms with van der Waals surface area (Å²) in [6.07, 6.45) is -5.59. The molecule has 194 valence electrons. The van der Waals surface area contributed by atoms with Gasteiger partial charge in [-0.3, -0.25) is 29.3 Å². The maximum Gasteiger partial charge on any atom is 0.303 e. The number of nitro benzene ring substituents is 1. The van der Waals surface area contributed by atoms with Crippen molar-refractivity contribution in [2.75, 3.05) is 6.61 Å². The van der Waals surface area contributed by atoms with Crippen molar-refractivity contribution in [3.63, 3.8) is 0 Å². The lowest BCUT2D eigenvalue weighted by Crippen LogP contribution is -2.68. The number of carbonyl (C=O) groups excluding carboxylic acids is 4. The molecular weight excluding hydrogens is 484 g/mol. The van der Waals surface area contributed by atoms with Gasteiger partial charge in [-0.2, -0.15) is 0 Å². The van der Waals surface area contributed by atoms with Gasteiger partial charge in [0.25, 0.3) is 11.5 Å². The molecule has 1 saturated heterocycles. The topological polar surface area (TPSA) is 179 Å². The van der Waals surface area contributed by atoms with E-state index in [0.29, 0.717) is 5.56 Å². The zero-order valence-corrected chi connectivity index (χ0v) is 19.8. The molecule has 2 aliphatic rings. The highest BCUT2D eigenvalue weighted by Crippen LogP contribution is 2.42. The molecule has 0 aliphatic carbocycles. The Hall–Kier alpha value is -4.07. The van der Waals surface area contributed by atoms with E-state index in [4.69, 9.17) is 28.5 Å². The minimum atomic E-state index is -1.87. The Balaban J connectivity index is 2.01. The zero-order chi connectivity index (χ0) is 26.6. The highest BCUT2D eigenvalue weighted by molar-refractivity contribution is 6.01. The maximum atomic E-state index is 12.0. The molecule has 0 amide bonds. The molecule has 1 fully saturated rings. The lowest BCUT2D eigenvalue weighted by molar-refractivity contribution is -0.384. The summed E-state index contributed by atoms with van der Waals surface area (Å²) in [5.74, 6) is -4.86. The van der Waals surface area contributed by atoms with Gasteiger partial charge in [0.15, 0.2) is 12.2 Å². The number of nitrogens with zero attached hydrogens (tertiary/aromatic N) is 2. The van der Waals surface area contributed by atoms with Crippen LogP contribution in [0.5, 0.6) is 0 Å². The third-order valence-electron chi connectivity index (χ3n) is 5.26. The van der Waals surface area contributed by atoms with E-state index in [9.17, 15) is 29.3 Å². The van der Waals surface area contributed by atoms with Crippen molar-refractivity contribution in [2.24, 2.45) is 5.16 Å². The second-order valence-electron chi connectivity index (χ2n) is 8.06. The van der Waals surface area contributed by atoms with Crippen LogP contribution >= 0.6 is 0 Å². The SMILES string of the molecule is CC(=O)OC[C@H]1O[C@@]2(CC(c3ccc([N+](=O)[O-])cc3)=NO2)[C@H](OC(C)=O)[C@@H](OC(C)=O)[C@@H]1OC(C)=O. The fourth-order valence-electron chi connectivity index (χ4n) is 3.92. The van der Waals surface area contributed by atoms with Crippen LogP contribution < -0.4 is 0 Å². The number of carbonyl (C=O) groups is 4. The molecule has 0 saturated carbocycles. The van der Waals surface area contributed by atoms with E-state index < -0.39 is 65.6 Å². The lowest BCUT2D eigenvalue weighted by Gasteiger charge is -2.47. The maximum absolute atomic E-state index is 12.0. The number of benzene rings is 1. The summed E-state index contributed by atoms with van der Waals surface area (Å²) in [6, 6.07) is 5.45. The normalized spacial score (nSPS) is 26.8. The van der Waals surface area contributed by atoms with Crippen LogP contribution in [0.4, 0.5) is 5.69 Å². The van der Waals surface area contributed by atoms with Gasteiger partial charge < -0.3 is 28.5 Å². The molecule has 1 aromatic carbocycles. The fourth-order valence-corrected chi connectivity index (χ4v) is 3.92. The Morgan fingerprint density at radius 1 is 0.972 bits per heavy atom. The van der Waals surface area contributed by atoms with E-state index in [1.54, 1.807) is 0 Å². The summed E-state index contributed by atoms with van der Waals surface area (Å²) in [4.78, 5) is 63.3. The summed E-state index contributed by atoms with van der Waals surface area (Å²) in [7, 11) is 0. The fraction of sp³-hybridized carbons (Fsp3) is 0.500. The predicted octanol–water partition coefficient (Wildman–Crippen LogP) is 1.17. The first-order chi connectivity index (χ1) is 16.9. The number of esters is 4. The van der Waals surface area contributed by atoms with Crippen molar-refractivity contribution in [3.05, 3.63) is 39.9 Å². The van der Waals surface area contributed by atoms with Crippen molar-refractivity contribution < 1.29 is 52.6 Å². The van der Waals surface area contributed by atoms with Gasteiger partial charge in [-0.1, -0.05) is 5.16 Å². The smallest absolute Gasteiger partial charge is 0.303 e. The summed E-state index contributed by atoms with van der Waals surface area (Å²) in [6.45, 7) is 4.06. The summed E-state index contributed by atoms with van der Waals surface area (Å²) < 4.78 is 27.3. The van der Waals surface area contributed by atoms with Gasteiger partial charge in [0.1, 0.15) is 12.7 Å². The largest absolute Gasteiger partial charge is 0.463 e. The van der Waals surface area contributed by atoms with Crippen LogP contribution in [0, 0.1) is 10.1 Å². The number of rotatable bonds is 7. The number of nitro groups is 1. The summed E-state index contributed by atoms with van der Waals surface area (Å²) in [5, 5.41) is 15.0. The first-order valence-electron chi connectivity index (χ1n) is 10.7. The van der Waals surface area contributed by atoms with Crippen molar-refractivity contribution >= 4 is 35.3 Å². The molecular formula is C22H24N2O12. The molecule has 0 unspecified atom stereocenters. The van der Waals surface area contributed by atoms with E-state index in [1.807, 2.05) is 0 Å². The Morgan fingerprint density at radius 2 is 1.56 bits per heavy atom. The minimum Gasteiger partial charge on any atom is -0.463 e. The van der Waals surface area contributed by atoms with Gasteiger partial charge in [-0.25, -0.2) is 0 Å². The molecule has 14 heteroatoms. The van der Waals surface area contributed by atoms with Crippen molar-refractivity contribution in [1.29, 1.82) is 0 Å². The number of non-ortho nitro benzene ring substituents is 1. The molecule has 5 atom stereocenters. The Kier molecular flexibility index (Phi) is 7.87. The second-order valence-corrected chi connectivity index (χ2v) is 8.06. The van der Waals surface area contributed by atoms with Crippen molar-refractivity contribution in [1.82, 2.24) is 0 Å². The molecule has 14 nitrogen and oxygen atoms in total. The molecule has 1 spiro atoms. The van der Waals surface area contributed by atoms with E-state index in [2.05, 4.69) is 5.16 Å². The molecule has 1 aromatic rings. The van der Waals surface area contributed by atoms with Crippen LogP contribution in [-0.2, 0) is 47.7 Å². The summed E-state index contributed by atoms with van der Waals surface area (Å²) >= 11 is 0. The van der Waals surface area contributed by atoms with E-state index in [0.717, 1.165) is 27.7 Å². The Morgan fingerprint density at radius 3 is 2.08 bits per heavy atom. The molecule has 3 rings (SSSR count). The average Bonchev–Trinajstić information content (AvgIpc) is 3.21. The molecule has 2 heterocycles. The standard InChI is InChI=1S/C22H24N2O12/c1-11(25)31-10-18-19(32-12(2)26)20(33-13(3)27)21(34-14(4)28)22(35-18)9-17(23-36-22)15-5-7-16(8-6-15)24(29)30/h5-8,18-21H,9-10H2,1-4H3/t18-,19-,20+,21-,22-/m1/s1. The summed E-state index contributed by atoms with van der Waals surface area (Å²) in [5.41, 5.74) is 0.589. The number of ether oxygens (including phenoxy) is 5. The molecule has 2 aliphatic heterocycles. The minimum absolute atomic E-state index is 0.139. The Bertz CT molecular complexity index is 1090. The molecule has 0 bridgehead atoms. The van der Waals surface area contributed by atoms with Crippen LogP contribution in [0.15, 0.2) is 29.4 Å². The van der Waals surface area contributed by atoms with Gasteiger partial charge in [0.05, 0.1) is 17.1 Å². The number of hydrogen-bond donors (Lipinski definition) is 0. The zero-order valence-electron chi connectivity index (χ0n) is 19.8. The van der Waals surface area contributed by atoms with Gasteiger partial charge in [-0.05, 0) is 12.1 Å². The lowest BCUT2D eigenvalue weighted by atomic mass is 9.88. The number of hydrogen-bond acceptors (Lipinski definition) is 13. The van der Waals surface area contributed by atoms with Gasteiger partial charge >= 0.3 is 23.9 Å². The predicted molar refractivity (Wildman–Crippen MR) is 116 cm³/mol. The average molecular weight is 508 g/mol. The third-order valence-corrected chi connectivity index (χ3v) is 5.26. The molecule has 0 N–H and O–H groups in total. The van der Waals surface area contributed by atoms with E-state index in [1.165, 1.54) is 24.3 Å². The van der Waals surface area contributed by atoms with Crippen LogP contribution in [0.3, 0.4) is 0 Å². The van der Waals surface area contributed by atoms with Gasteiger partial charge in [0, 0.05) is 45.4 Å². The van der Waals surface area contributed by atoms with Crippen LogP contribution in [0.25, 0.3) is 0 Å². The first kappa shape index (κ1) is 26.5. The van der Waals surface area contributed by atoms with E-state index in [-0.39, 0.29) is 17.8 Å². The van der Waals surface area contributed by atoms with E-state index >= 15 is 0 Å². The molecule has 36 heavy (non-hydrogen) atoms. The van der Waals surface area contributed by atoms with Gasteiger partial charge in [-0.15, -0.1) is 0 Å². The number of oxime groups is 1. The van der Waals surface area contributed by atoms with Crippen LogP contribution in [0.2, 0.25) is 0 Å². The second kappa shape index (κ2) is 10.7. The highest BCUT2D eigenvalue weighted by atomic mass is 16.8. The van der Waals surface area contributed by atoms with Crippen molar-refractivity contribution in [3.8, 4) is 0 Å². The quantitative estimate of drug-likeness (QED) is 0.222. The van der Waals surface area contributed by atoms with Crippen molar-refractivity contribution in [2.45, 2.75) is 64.3 Å². The third kappa shape index (κ3) is 5.94. The first-order valence-corrected chi connectivity index (χ1v) is 10.7. The van der Waals surface area contributed by atoms with Gasteiger partial charge in [0.2, 0.25) is 6.10 Å². The van der Waals surface area contributed by atoms with Crippen LogP contribution in [-0.4, -0.2) is 71.3 Å². The highest BCUT2D eigenvalue weighted by Gasteiger charge is 2.64. The monoisotopic (exact) mass is 508 g/mol.